The minimum Gasteiger partial charge on any atom is -0.381 e. The second kappa shape index (κ2) is 6.70. The average molecular weight is 353 g/mol. The zero-order valence-electron chi connectivity index (χ0n) is 13.8. The van der Waals surface area contributed by atoms with Crippen molar-refractivity contribution in [3.8, 4) is 0 Å². The van der Waals surface area contributed by atoms with Gasteiger partial charge in [0.2, 0.25) is 0 Å². The number of benzene rings is 3. The Hall–Kier alpha value is -2.63. The van der Waals surface area contributed by atoms with Crippen molar-refractivity contribution in [2.75, 3.05) is 4.72 Å². The van der Waals surface area contributed by atoms with E-state index in [1.807, 2.05) is 24.3 Å². The van der Waals surface area contributed by atoms with E-state index in [1.54, 1.807) is 61.5 Å². The second-order valence-electron chi connectivity index (χ2n) is 5.91. The van der Waals surface area contributed by atoms with Crippen LogP contribution in [0, 0.1) is 0 Å². The van der Waals surface area contributed by atoms with Crippen molar-refractivity contribution in [1.29, 1.82) is 0 Å². The lowest BCUT2D eigenvalue weighted by atomic mass is 9.88. The van der Waals surface area contributed by atoms with Gasteiger partial charge in [-0.2, -0.15) is 0 Å². The molecule has 3 aromatic carbocycles. The molecule has 0 bridgehead atoms. The first-order valence-corrected chi connectivity index (χ1v) is 9.35. The summed E-state index contributed by atoms with van der Waals surface area (Å²) in [6, 6.07) is 24.2. The molecule has 0 aliphatic heterocycles. The zero-order valence-corrected chi connectivity index (χ0v) is 14.6. The first-order valence-electron chi connectivity index (χ1n) is 7.86. The maximum atomic E-state index is 12.9. The summed E-state index contributed by atoms with van der Waals surface area (Å²) in [6.45, 7) is 1.60. The van der Waals surface area contributed by atoms with Gasteiger partial charge in [-0.15, -0.1) is 0 Å². The maximum Gasteiger partial charge on any atom is 0.262 e. The number of sulfonamides is 1. The van der Waals surface area contributed by atoms with Crippen molar-refractivity contribution in [2.45, 2.75) is 17.4 Å². The van der Waals surface area contributed by atoms with Crippen molar-refractivity contribution in [1.82, 2.24) is 0 Å². The summed E-state index contributed by atoms with van der Waals surface area (Å²) in [5.74, 6) is 0. The fourth-order valence-electron chi connectivity index (χ4n) is 2.74. The van der Waals surface area contributed by atoms with Crippen LogP contribution in [0.3, 0.4) is 0 Å². The quantitative estimate of drug-likeness (QED) is 0.734. The van der Waals surface area contributed by atoms with Crippen LogP contribution < -0.4 is 4.72 Å². The lowest BCUT2D eigenvalue weighted by molar-refractivity contribution is 0.0991. The van der Waals surface area contributed by atoms with Crippen molar-refractivity contribution >= 4 is 15.7 Å². The Morgan fingerprint density at radius 1 is 0.800 bits per heavy atom. The molecule has 0 unspecified atom stereocenters. The summed E-state index contributed by atoms with van der Waals surface area (Å²) in [5, 5.41) is 11.1. The highest BCUT2D eigenvalue weighted by atomic mass is 32.2. The Labute approximate surface area is 147 Å². The molecule has 0 spiro atoms. The average Bonchev–Trinajstić information content (AvgIpc) is 2.63. The molecular weight excluding hydrogens is 334 g/mol. The van der Waals surface area contributed by atoms with E-state index in [9.17, 15) is 13.5 Å². The highest BCUT2D eigenvalue weighted by Crippen LogP contribution is 2.34. The predicted molar refractivity (Wildman–Crippen MR) is 98.8 cm³/mol. The standard InChI is InChI=1S/C20H19NO3S/c1-20(22,16-10-4-2-5-11-16)18-14-8-9-15-19(18)25(23,24)21-17-12-6-3-7-13-17/h2-15,21-22H,1H3/t20-/m1/s1. The van der Waals surface area contributed by atoms with E-state index in [0.717, 1.165) is 0 Å². The van der Waals surface area contributed by atoms with Crippen LogP contribution in [0.5, 0.6) is 0 Å². The van der Waals surface area contributed by atoms with Crippen LogP contribution >= 0.6 is 0 Å². The van der Waals surface area contributed by atoms with Crippen molar-refractivity contribution in [3.63, 3.8) is 0 Å². The molecular formula is C20H19NO3S. The minimum atomic E-state index is -3.85. The number of para-hydroxylation sites is 1. The Morgan fingerprint density at radius 3 is 1.96 bits per heavy atom. The third kappa shape index (κ3) is 3.57. The predicted octanol–water partition coefficient (Wildman–Crippen LogP) is 3.74. The fraction of sp³-hybridized carbons (Fsp3) is 0.100. The topological polar surface area (TPSA) is 66.4 Å². The molecule has 0 aliphatic carbocycles. The number of hydrogen-bond acceptors (Lipinski definition) is 3. The van der Waals surface area contributed by atoms with Gasteiger partial charge in [0.05, 0.1) is 4.90 Å². The number of rotatable bonds is 5. The molecule has 1 atom stereocenters. The van der Waals surface area contributed by atoms with Crippen LogP contribution in [-0.2, 0) is 15.6 Å². The van der Waals surface area contributed by atoms with Gasteiger partial charge < -0.3 is 5.11 Å². The highest BCUT2D eigenvalue weighted by molar-refractivity contribution is 7.92. The number of nitrogens with one attached hydrogen (secondary N) is 1. The van der Waals surface area contributed by atoms with Gasteiger partial charge in [0.1, 0.15) is 5.60 Å². The van der Waals surface area contributed by atoms with Crippen LogP contribution in [0.2, 0.25) is 0 Å². The lowest BCUT2D eigenvalue weighted by Gasteiger charge is -2.27. The largest absolute Gasteiger partial charge is 0.381 e. The van der Waals surface area contributed by atoms with Crippen LogP contribution in [0.25, 0.3) is 0 Å². The van der Waals surface area contributed by atoms with Gasteiger partial charge in [-0.3, -0.25) is 4.72 Å². The minimum absolute atomic E-state index is 0.0488. The Balaban J connectivity index is 2.07. The van der Waals surface area contributed by atoms with Crippen LogP contribution in [0.4, 0.5) is 5.69 Å². The van der Waals surface area contributed by atoms with E-state index < -0.39 is 15.6 Å². The lowest BCUT2D eigenvalue weighted by Crippen LogP contribution is -2.27. The molecule has 0 heterocycles. The van der Waals surface area contributed by atoms with Gasteiger partial charge in [0.25, 0.3) is 10.0 Å². The molecule has 25 heavy (non-hydrogen) atoms. The summed E-state index contributed by atoms with van der Waals surface area (Å²) in [5.41, 5.74) is -0.0258. The number of anilines is 1. The SMILES string of the molecule is C[C@@](O)(c1ccccc1)c1ccccc1S(=O)(=O)Nc1ccccc1. The normalized spacial score (nSPS) is 13.8. The summed E-state index contributed by atoms with van der Waals surface area (Å²) in [6.07, 6.45) is 0. The van der Waals surface area contributed by atoms with Gasteiger partial charge in [-0.1, -0.05) is 66.7 Å². The second-order valence-corrected chi connectivity index (χ2v) is 7.56. The van der Waals surface area contributed by atoms with Crippen molar-refractivity contribution in [2.24, 2.45) is 0 Å². The molecule has 4 nitrogen and oxygen atoms in total. The molecule has 0 aliphatic rings. The highest BCUT2D eigenvalue weighted by Gasteiger charge is 2.32. The first-order chi connectivity index (χ1) is 11.9. The Morgan fingerprint density at radius 2 is 1.32 bits per heavy atom. The van der Waals surface area contributed by atoms with E-state index in [4.69, 9.17) is 0 Å². The summed E-state index contributed by atoms with van der Waals surface area (Å²) in [4.78, 5) is 0.0488. The Bertz CT molecular complexity index is 953. The summed E-state index contributed by atoms with van der Waals surface area (Å²) in [7, 11) is -3.85. The number of aliphatic hydroxyl groups is 1. The van der Waals surface area contributed by atoms with Gasteiger partial charge in [0.15, 0.2) is 0 Å². The smallest absolute Gasteiger partial charge is 0.262 e. The van der Waals surface area contributed by atoms with E-state index >= 15 is 0 Å². The molecule has 0 fully saturated rings. The van der Waals surface area contributed by atoms with Crippen LogP contribution in [0.15, 0.2) is 89.8 Å². The summed E-state index contributed by atoms with van der Waals surface area (Å²) >= 11 is 0. The van der Waals surface area contributed by atoms with E-state index in [1.165, 1.54) is 6.07 Å². The molecule has 2 N–H and O–H groups in total. The van der Waals surface area contributed by atoms with Crippen LogP contribution in [0.1, 0.15) is 18.1 Å². The molecule has 5 heteroatoms. The van der Waals surface area contributed by atoms with Crippen molar-refractivity contribution < 1.29 is 13.5 Å². The fourth-order valence-corrected chi connectivity index (χ4v) is 4.11. The molecule has 0 saturated carbocycles. The molecule has 128 valence electrons. The van der Waals surface area contributed by atoms with Gasteiger partial charge in [0, 0.05) is 11.3 Å². The third-order valence-electron chi connectivity index (χ3n) is 4.06. The van der Waals surface area contributed by atoms with Gasteiger partial charge >= 0.3 is 0 Å². The molecule has 3 rings (SSSR count). The van der Waals surface area contributed by atoms with Gasteiger partial charge in [-0.05, 0) is 30.7 Å². The number of hydrogen-bond donors (Lipinski definition) is 2. The Kier molecular flexibility index (Phi) is 4.61. The third-order valence-corrected chi connectivity index (χ3v) is 5.50. The molecule has 3 aromatic rings. The van der Waals surface area contributed by atoms with E-state index in [2.05, 4.69) is 4.72 Å². The molecule has 0 radical (unpaired) electrons. The zero-order chi connectivity index (χ0) is 17.9. The van der Waals surface area contributed by atoms with Crippen LogP contribution in [-0.4, -0.2) is 13.5 Å². The molecule has 0 saturated heterocycles. The van der Waals surface area contributed by atoms with E-state index in [0.29, 0.717) is 16.8 Å². The maximum absolute atomic E-state index is 12.9. The van der Waals surface area contributed by atoms with Gasteiger partial charge in [-0.25, -0.2) is 8.42 Å². The molecule has 0 aromatic heterocycles. The summed E-state index contributed by atoms with van der Waals surface area (Å²) < 4.78 is 28.3. The van der Waals surface area contributed by atoms with Crippen molar-refractivity contribution in [3.05, 3.63) is 96.1 Å². The first kappa shape index (κ1) is 17.2. The monoisotopic (exact) mass is 353 g/mol. The molecule has 0 amide bonds. The van der Waals surface area contributed by atoms with E-state index in [-0.39, 0.29) is 4.90 Å².